The summed E-state index contributed by atoms with van der Waals surface area (Å²) < 4.78 is 5.64. The second-order valence-corrected chi connectivity index (χ2v) is 6.98. The van der Waals surface area contributed by atoms with Crippen molar-refractivity contribution in [1.29, 1.82) is 0 Å². The van der Waals surface area contributed by atoms with Gasteiger partial charge in [-0.1, -0.05) is 0 Å². The first-order valence-corrected chi connectivity index (χ1v) is 8.10. The van der Waals surface area contributed by atoms with Gasteiger partial charge < -0.3 is 14.7 Å². The minimum absolute atomic E-state index is 0.0255. The normalized spacial score (nSPS) is 18.7. The first kappa shape index (κ1) is 16.9. The van der Waals surface area contributed by atoms with Gasteiger partial charge >= 0.3 is 5.97 Å². The molecule has 2 heterocycles. The van der Waals surface area contributed by atoms with Gasteiger partial charge in [-0.3, -0.25) is 14.5 Å². The molecule has 22 heavy (non-hydrogen) atoms. The Morgan fingerprint density at radius 3 is 2.91 bits per heavy atom. The Labute approximate surface area is 134 Å². The van der Waals surface area contributed by atoms with Crippen LogP contribution in [0.5, 0.6) is 0 Å². The molecule has 0 spiro atoms. The number of likely N-dealkylation sites (N-methyl/N-ethyl adjacent to an activating group) is 1. The number of rotatable bonds is 6. The molecule has 0 aliphatic carbocycles. The van der Waals surface area contributed by atoms with E-state index >= 15 is 0 Å². The number of thiophene rings is 1. The molecule has 1 N–H and O–H groups in total. The number of aryl methyl sites for hydroxylation is 1. The summed E-state index contributed by atoms with van der Waals surface area (Å²) in [5, 5.41) is 8.77. The highest BCUT2D eigenvalue weighted by Gasteiger charge is 2.25. The Hall–Kier alpha value is -1.44. The second-order valence-electron chi connectivity index (χ2n) is 5.61. The number of ether oxygens (including phenoxy) is 1. The van der Waals surface area contributed by atoms with Gasteiger partial charge in [0.1, 0.15) is 0 Å². The van der Waals surface area contributed by atoms with E-state index < -0.39 is 5.97 Å². The lowest BCUT2D eigenvalue weighted by Crippen LogP contribution is -2.50. The third-order valence-electron chi connectivity index (χ3n) is 3.53. The Bertz CT molecular complexity index is 531. The van der Waals surface area contributed by atoms with Crippen LogP contribution in [0.25, 0.3) is 0 Å². The summed E-state index contributed by atoms with van der Waals surface area (Å²) in [4.78, 5) is 28.8. The Kier molecular flexibility index (Phi) is 5.93. The highest BCUT2D eigenvalue weighted by atomic mass is 32.1. The van der Waals surface area contributed by atoms with Gasteiger partial charge in [-0.15, -0.1) is 11.3 Å². The predicted octanol–water partition coefficient (Wildman–Crippen LogP) is 0.843. The number of carbonyl (C=O) groups excluding carboxylic acids is 1. The summed E-state index contributed by atoms with van der Waals surface area (Å²) in [6, 6.07) is 4.02. The molecule has 1 aliphatic heterocycles. The van der Waals surface area contributed by atoms with Crippen LogP contribution in [0, 0.1) is 6.92 Å². The van der Waals surface area contributed by atoms with E-state index in [4.69, 9.17) is 9.84 Å². The molecule has 0 bridgehead atoms. The summed E-state index contributed by atoms with van der Waals surface area (Å²) in [5.74, 6) is -0.754. The van der Waals surface area contributed by atoms with Crippen LogP contribution in [0.1, 0.15) is 9.75 Å². The highest BCUT2D eigenvalue weighted by Crippen LogP contribution is 2.17. The number of hydrogen-bond acceptors (Lipinski definition) is 5. The van der Waals surface area contributed by atoms with E-state index in [1.165, 1.54) is 4.88 Å². The van der Waals surface area contributed by atoms with Gasteiger partial charge in [0.2, 0.25) is 5.91 Å². The zero-order valence-corrected chi connectivity index (χ0v) is 13.8. The summed E-state index contributed by atoms with van der Waals surface area (Å²) in [5.41, 5.74) is 0. The number of carbonyl (C=O) groups is 2. The molecule has 1 fully saturated rings. The summed E-state index contributed by atoms with van der Waals surface area (Å²) >= 11 is 1.65. The molecule has 1 saturated heterocycles. The van der Waals surface area contributed by atoms with E-state index in [0.29, 0.717) is 32.7 Å². The van der Waals surface area contributed by atoms with Gasteiger partial charge in [-0.2, -0.15) is 0 Å². The topological polar surface area (TPSA) is 70.1 Å². The molecule has 1 atom stereocenters. The third kappa shape index (κ3) is 5.08. The number of amides is 1. The van der Waals surface area contributed by atoms with Crippen molar-refractivity contribution < 1.29 is 19.4 Å². The molecule has 1 unspecified atom stereocenters. The van der Waals surface area contributed by atoms with Crippen molar-refractivity contribution >= 4 is 23.2 Å². The lowest BCUT2D eigenvalue weighted by atomic mass is 10.2. The SMILES string of the molecule is Cc1ccc(CC(=O)N2CCOC(CN(C)CC(=O)O)C2)s1. The molecule has 0 aromatic carbocycles. The van der Waals surface area contributed by atoms with Crippen LogP contribution < -0.4 is 0 Å². The van der Waals surface area contributed by atoms with E-state index in [2.05, 4.69) is 0 Å². The first-order valence-electron chi connectivity index (χ1n) is 7.29. The van der Waals surface area contributed by atoms with Gasteiger partial charge in [0.05, 0.1) is 25.7 Å². The van der Waals surface area contributed by atoms with Crippen LogP contribution in [-0.4, -0.2) is 72.7 Å². The maximum absolute atomic E-state index is 12.4. The van der Waals surface area contributed by atoms with Crippen LogP contribution in [0.3, 0.4) is 0 Å². The van der Waals surface area contributed by atoms with Gasteiger partial charge in [-0.05, 0) is 26.1 Å². The lowest BCUT2D eigenvalue weighted by molar-refractivity contribution is -0.142. The van der Waals surface area contributed by atoms with Crippen molar-refractivity contribution in [3.8, 4) is 0 Å². The van der Waals surface area contributed by atoms with Crippen LogP contribution in [-0.2, 0) is 20.7 Å². The predicted molar refractivity (Wildman–Crippen MR) is 84.2 cm³/mol. The van der Waals surface area contributed by atoms with Crippen LogP contribution in [0.4, 0.5) is 0 Å². The first-order chi connectivity index (χ1) is 10.4. The van der Waals surface area contributed by atoms with Gasteiger partial charge in [0.25, 0.3) is 0 Å². The van der Waals surface area contributed by atoms with Crippen molar-refractivity contribution in [2.75, 3.05) is 39.8 Å². The zero-order valence-electron chi connectivity index (χ0n) is 12.9. The molecule has 1 aromatic rings. The van der Waals surface area contributed by atoms with Crippen LogP contribution in [0.15, 0.2) is 12.1 Å². The zero-order chi connectivity index (χ0) is 16.1. The van der Waals surface area contributed by atoms with Crippen molar-refractivity contribution in [2.45, 2.75) is 19.4 Å². The maximum atomic E-state index is 12.4. The van der Waals surface area contributed by atoms with Crippen LogP contribution in [0.2, 0.25) is 0 Å². The lowest BCUT2D eigenvalue weighted by Gasteiger charge is -2.34. The molecule has 1 amide bonds. The largest absolute Gasteiger partial charge is 0.480 e. The fourth-order valence-corrected chi connectivity index (χ4v) is 3.42. The summed E-state index contributed by atoms with van der Waals surface area (Å²) in [6.45, 7) is 4.13. The molecule has 7 heteroatoms. The maximum Gasteiger partial charge on any atom is 0.317 e. The fourth-order valence-electron chi connectivity index (χ4n) is 2.54. The Balaban J connectivity index is 1.84. The second kappa shape index (κ2) is 7.71. The van der Waals surface area contributed by atoms with Crippen molar-refractivity contribution in [1.82, 2.24) is 9.80 Å². The summed E-state index contributed by atoms with van der Waals surface area (Å²) in [6.07, 6.45) is 0.294. The molecule has 122 valence electrons. The number of hydrogen-bond donors (Lipinski definition) is 1. The van der Waals surface area contributed by atoms with Crippen molar-refractivity contribution in [3.05, 3.63) is 21.9 Å². The molecule has 0 saturated carbocycles. The number of aliphatic carboxylic acids is 1. The minimum Gasteiger partial charge on any atom is -0.480 e. The molecular weight excluding hydrogens is 304 g/mol. The van der Waals surface area contributed by atoms with Crippen LogP contribution >= 0.6 is 11.3 Å². The molecular formula is C15H22N2O4S. The number of nitrogens with zero attached hydrogens (tertiary/aromatic N) is 2. The van der Waals surface area contributed by atoms with E-state index in [-0.39, 0.29) is 18.6 Å². The standard InChI is InChI=1S/C15H22N2O4S/c1-11-3-4-13(22-11)7-14(18)17-5-6-21-12(9-17)8-16(2)10-15(19)20/h3-4,12H,5-10H2,1-2H3,(H,19,20). The highest BCUT2D eigenvalue weighted by molar-refractivity contribution is 7.12. The molecule has 6 nitrogen and oxygen atoms in total. The Morgan fingerprint density at radius 2 is 2.27 bits per heavy atom. The molecule has 2 rings (SSSR count). The average Bonchev–Trinajstić information content (AvgIpc) is 2.83. The molecule has 0 radical (unpaired) electrons. The van der Waals surface area contributed by atoms with Gasteiger partial charge in [0.15, 0.2) is 0 Å². The number of carboxylic acids is 1. The molecule has 1 aromatic heterocycles. The van der Waals surface area contributed by atoms with E-state index in [1.807, 2.05) is 24.0 Å². The number of carboxylic acid groups (broad SMARTS) is 1. The fraction of sp³-hybridized carbons (Fsp3) is 0.600. The summed E-state index contributed by atoms with van der Waals surface area (Å²) in [7, 11) is 1.74. The third-order valence-corrected chi connectivity index (χ3v) is 4.53. The quantitative estimate of drug-likeness (QED) is 0.839. The molecule has 1 aliphatic rings. The Morgan fingerprint density at radius 1 is 1.50 bits per heavy atom. The van der Waals surface area contributed by atoms with Gasteiger partial charge in [0, 0.05) is 29.4 Å². The van der Waals surface area contributed by atoms with Gasteiger partial charge in [-0.25, -0.2) is 0 Å². The van der Waals surface area contributed by atoms with E-state index in [9.17, 15) is 9.59 Å². The van der Waals surface area contributed by atoms with Crippen molar-refractivity contribution in [3.63, 3.8) is 0 Å². The van der Waals surface area contributed by atoms with E-state index in [1.54, 1.807) is 23.3 Å². The minimum atomic E-state index is -0.862. The smallest absolute Gasteiger partial charge is 0.317 e. The average molecular weight is 326 g/mol. The number of morpholine rings is 1. The monoisotopic (exact) mass is 326 g/mol. The van der Waals surface area contributed by atoms with Crippen molar-refractivity contribution in [2.24, 2.45) is 0 Å². The van der Waals surface area contributed by atoms with E-state index in [0.717, 1.165) is 4.88 Å².